The molecule has 0 aromatic heterocycles. The minimum absolute atomic E-state index is 0.0515. The number of ether oxygens (including phenoxy) is 5. The van der Waals surface area contributed by atoms with E-state index in [1.165, 1.54) is 0 Å². The van der Waals surface area contributed by atoms with Gasteiger partial charge in [-0.15, -0.1) is 0 Å². The second kappa shape index (κ2) is 11.3. The van der Waals surface area contributed by atoms with Crippen LogP contribution in [0.3, 0.4) is 0 Å². The van der Waals surface area contributed by atoms with Crippen LogP contribution in [0.2, 0.25) is 0 Å². The summed E-state index contributed by atoms with van der Waals surface area (Å²) < 4.78 is 30.8. The van der Waals surface area contributed by atoms with Crippen LogP contribution in [0.1, 0.15) is 37.0 Å². The largest absolute Gasteiger partial charge is 0.358 e. The van der Waals surface area contributed by atoms with E-state index < -0.39 is 23.8 Å². The molecule has 0 amide bonds. The SMILES string of the molecule is CCO[C@H]1O[C@H](COC(c2ccccc2)(c2ccccc2)c2ccccc2)C(=O)C[C@@H]1C1(C)OCCO1. The van der Waals surface area contributed by atoms with Crippen LogP contribution in [0.4, 0.5) is 0 Å². The molecule has 2 saturated heterocycles. The molecule has 5 rings (SSSR count). The van der Waals surface area contributed by atoms with Crippen LogP contribution in [0.25, 0.3) is 0 Å². The normalized spacial score (nSPS) is 23.7. The highest BCUT2D eigenvalue weighted by Crippen LogP contribution is 2.42. The Balaban J connectivity index is 1.48. The fraction of sp³-hybridized carbons (Fsp3) is 0.387. The van der Waals surface area contributed by atoms with Crippen LogP contribution >= 0.6 is 0 Å². The van der Waals surface area contributed by atoms with Crippen molar-refractivity contribution >= 4 is 5.78 Å². The highest BCUT2D eigenvalue weighted by Gasteiger charge is 2.51. The van der Waals surface area contributed by atoms with Crippen molar-refractivity contribution in [1.29, 1.82) is 0 Å². The number of Topliss-reactive ketones (excluding diaryl/α,β-unsaturated/α-hetero) is 1. The summed E-state index contributed by atoms with van der Waals surface area (Å²) in [6, 6.07) is 30.3. The highest BCUT2D eigenvalue weighted by atomic mass is 16.7. The van der Waals surface area contributed by atoms with Gasteiger partial charge in [-0.3, -0.25) is 4.79 Å². The van der Waals surface area contributed by atoms with E-state index in [9.17, 15) is 4.79 Å². The summed E-state index contributed by atoms with van der Waals surface area (Å²) in [5.41, 5.74) is 1.97. The molecule has 6 heteroatoms. The second-order valence-electron chi connectivity index (χ2n) is 9.53. The van der Waals surface area contributed by atoms with Crippen LogP contribution in [0.5, 0.6) is 0 Å². The Hall–Kier alpha value is -2.87. The fourth-order valence-electron chi connectivity index (χ4n) is 5.38. The van der Waals surface area contributed by atoms with Gasteiger partial charge in [0, 0.05) is 13.0 Å². The average molecular weight is 503 g/mol. The standard InChI is InChI=1S/C31H34O6/c1-3-33-29-26(30(2)34-19-20-35-30)21-27(32)28(37-29)22-36-31(23-13-7-4-8-14-23,24-15-9-5-10-16-24)25-17-11-6-12-18-25/h4-18,26,28-29H,3,19-22H2,1-2H3/t26-,28+,29-/m0/s1. The van der Waals surface area contributed by atoms with E-state index in [2.05, 4.69) is 36.4 Å². The Labute approximate surface area is 218 Å². The molecule has 0 spiro atoms. The number of carbonyl (C=O) groups excluding carboxylic acids is 1. The summed E-state index contributed by atoms with van der Waals surface area (Å²) in [7, 11) is 0. The molecule has 37 heavy (non-hydrogen) atoms. The van der Waals surface area contributed by atoms with E-state index >= 15 is 0 Å². The van der Waals surface area contributed by atoms with Gasteiger partial charge in [-0.1, -0.05) is 91.0 Å². The van der Waals surface area contributed by atoms with Crippen molar-refractivity contribution in [1.82, 2.24) is 0 Å². The topological polar surface area (TPSA) is 63.2 Å². The van der Waals surface area contributed by atoms with Gasteiger partial charge < -0.3 is 23.7 Å². The Bertz CT molecular complexity index is 1050. The third-order valence-corrected chi connectivity index (χ3v) is 7.26. The number of carbonyl (C=O) groups is 1. The van der Waals surface area contributed by atoms with Crippen molar-refractivity contribution in [2.24, 2.45) is 5.92 Å². The lowest BCUT2D eigenvalue weighted by Gasteiger charge is -2.43. The minimum Gasteiger partial charge on any atom is -0.358 e. The zero-order valence-electron chi connectivity index (χ0n) is 21.4. The number of ketones is 1. The van der Waals surface area contributed by atoms with Gasteiger partial charge in [-0.2, -0.15) is 0 Å². The lowest BCUT2D eigenvalue weighted by Crippen LogP contribution is -2.54. The molecule has 2 fully saturated rings. The Morgan fingerprint density at radius 3 is 1.78 bits per heavy atom. The van der Waals surface area contributed by atoms with E-state index in [0.717, 1.165) is 16.7 Å². The molecule has 2 aliphatic heterocycles. The van der Waals surface area contributed by atoms with Crippen LogP contribution in [0, 0.1) is 5.92 Å². The Morgan fingerprint density at radius 1 is 0.838 bits per heavy atom. The summed E-state index contributed by atoms with van der Waals surface area (Å²) in [5.74, 6) is -1.33. The van der Waals surface area contributed by atoms with Gasteiger partial charge in [0.15, 0.2) is 17.9 Å². The third kappa shape index (κ3) is 5.13. The van der Waals surface area contributed by atoms with Gasteiger partial charge in [0.2, 0.25) is 0 Å². The predicted octanol–water partition coefficient (Wildman–Crippen LogP) is 5.09. The number of hydrogen-bond donors (Lipinski definition) is 0. The van der Waals surface area contributed by atoms with Gasteiger partial charge in [0.1, 0.15) is 11.7 Å². The lowest BCUT2D eigenvalue weighted by atomic mass is 9.80. The third-order valence-electron chi connectivity index (χ3n) is 7.26. The van der Waals surface area contributed by atoms with Crippen molar-refractivity contribution in [3.05, 3.63) is 108 Å². The Kier molecular flexibility index (Phi) is 7.84. The summed E-state index contributed by atoms with van der Waals surface area (Å²) in [4.78, 5) is 13.4. The summed E-state index contributed by atoms with van der Waals surface area (Å²) in [6.07, 6.45) is -1.20. The second-order valence-corrected chi connectivity index (χ2v) is 9.53. The average Bonchev–Trinajstić information content (AvgIpc) is 3.40. The first-order valence-corrected chi connectivity index (χ1v) is 12.9. The first kappa shape index (κ1) is 25.8. The first-order chi connectivity index (χ1) is 18.1. The zero-order valence-corrected chi connectivity index (χ0v) is 21.4. The molecule has 3 aromatic carbocycles. The molecular formula is C31H34O6. The maximum Gasteiger partial charge on any atom is 0.173 e. The molecule has 3 aromatic rings. The van der Waals surface area contributed by atoms with Crippen molar-refractivity contribution in [2.45, 2.75) is 44.1 Å². The molecule has 6 nitrogen and oxygen atoms in total. The summed E-state index contributed by atoms with van der Waals surface area (Å²) in [6.45, 7) is 5.25. The fourth-order valence-corrected chi connectivity index (χ4v) is 5.38. The molecular weight excluding hydrogens is 468 g/mol. The van der Waals surface area contributed by atoms with E-state index in [1.54, 1.807) is 0 Å². The van der Waals surface area contributed by atoms with Gasteiger partial charge in [0.05, 0.1) is 25.7 Å². The number of hydrogen-bond acceptors (Lipinski definition) is 6. The van der Waals surface area contributed by atoms with Gasteiger partial charge in [-0.05, 0) is 30.5 Å². The quantitative estimate of drug-likeness (QED) is 0.380. The van der Waals surface area contributed by atoms with Crippen molar-refractivity contribution in [2.75, 3.05) is 26.4 Å². The predicted molar refractivity (Wildman–Crippen MR) is 139 cm³/mol. The molecule has 0 aliphatic carbocycles. The van der Waals surface area contributed by atoms with Crippen LogP contribution in [0.15, 0.2) is 91.0 Å². The molecule has 0 bridgehead atoms. The van der Waals surface area contributed by atoms with E-state index in [0.29, 0.717) is 19.8 Å². The van der Waals surface area contributed by atoms with Crippen molar-refractivity contribution in [3.63, 3.8) is 0 Å². The van der Waals surface area contributed by atoms with Crippen molar-refractivity contribution in [3.8, 4) is 0 Å². The number of rotatable bonds is 9. The minimum atomic E-state index is -0.935. The molecule has 0 N–H and O–H groups in total. The highest BCUT2D eigenvalue weighted by molar-refractivity contribution is 5.84. The van der Waals surface area contributed by atoms with E-state index in [1.807, 2.05) is 68.4 Å². The molecule has 194 valence electrons. The summed E-state index contributed by atoms with van der Waals surface area (Å²) >= 11 is 0. The maximum absolute atomic E-state index is 13.4. The summed E-state index contributed by atoms with van der Waals surface area (Å²) in [5, 5.41) is 0. The molecule has 2 aliphatic rings. The molecule has 0 radical (unpaired) electrons. The van der Waals surface area contributed by atoms with Crippen LogP contribution < -0.4 is 0 Å². The van der Waals surface area contributed by atoms with Gasteiger partial charge in [0.25, 0.3) is 0 Å². The maximum atomic E-state index is 13.4. The Morgan fingerprint density at radius 2 is 1.32 bits per heavy atom. The molecule has 0 saturated carbocycles. The zero-order chi connectivity index (χ0) is 25.7. The monoisotopic (exact) mass is 502 g/mol. The van der Waals surface area contributed by atoms with Crippen molar-refractivity contribution < 1.29 is 28.5 Å². The van der Waals surface area contributed by atoms with Gasteiger partial charge in [-0.25, -0.2) is 0 Å². The lowest BCUT2D eigenvalue weighted by molar-refractivity contribution is -0.289. The molecule has 2 heterocycles. The smallest absolute Gasteiger partial charge is 0.173 e. The number of benzene rings is 3. The van der Waals surface area contributed by atoms with Gasteiger partial charge >= 0.3 is 0 Å². The van der Waals surface area contributed by atoms with Crippen LogP contribution in [-0.4, -0.2) is 50.4 Å². The molecule has 3 atom stereocenters. The van der Waals surface area contributed by atoms with E-state index in [-0.39, 0.29) is 24.7 Å². The van der Waals surface area contributed by atoms with Crippen LogP contribution in [-0.2, 0) is 34.1 Å². The molecule has 0 unspecified atom stereocenters. The van der Waals surface area contributed by atoms with E-state index in [4.69, 9.17) is 23.7 Å². The first-order valence-electron chi connectivity index (χ1n) is 12.9.